The van der Waals surface area contributed by atoms with Gasteiger partial charge in [0.2, 0.25) is 0 Å². The van der Waals surface area contributed by atoms with Gasteiger partial charge in [-0.3, -0.25) is 0 Å². The first-order chi connectivity index (χ1) is 2.27. The smallest absolute Gasteiger partial charge is 0 e. The van der Waals surface area contributed by atoms with Gasteiger partial charge in [0.25, 0.3) is 0 Å². The van der Waals surface area contributed by atoms with Crippen molar-refractivity contribution in [3.05, 3.63) is 7.05 Å². The summed E-state index contributed by atoms with van der Waals surface area (Å²) in [6.07, 6.45) is 0. The molecule has 6 heavy (non-hydrogen) atoms. The fourth-order valence-corrected chi connectivity index (χ4v) is 0. The van der Waals surface area contributed by atoms with Crippen LogP contribution in [0.5, 0.6) is 0 Å². The first kappa shape index (κ1) is 9.81. The molecule has 0 aromatic carbocycles. The van der Waals surface area contributed by atoms with Crippen LogP contribution in [0.3, 0.4) is 0 Å². The van der Waals surface area contributed by atoms with Crippen LogP contribution in [0, 0.1) is 7.05 Å². The summed E-state index contributed by atoms with van der Waals surface area (Å²) in [5, 5.41) is 0. The van der Waals surface area contributed by atoms with Crippen molar-refractivity contribution in [3.63, 3.8) is 0 Å². The van der Waals surface area contributed by atoms with Crippen molar-refractivity contribution in [3.8, 4) is 0 Å². The quantitative estimate of drug-likeness (QED) is 0.372. The summed E-state index contributed by atoms with van der Waals surface area (Å²) in [5.41, 5.74) is 1.02. The zero-order valence-corrected chi connectivity index (χ0v) is 7.07. The summed E-state index contributed by atoms with van der Waals surface area (Å²) < 4.78 is 0. The SMILES string of the molecule is [CH2-]N=C(C)C.[Y]. The Morgan fingerprint density at radius 3 is 1.67 bits per heavy atom. The average molecular weight is 159 g/mol. The van der Waals surface area contributed by atoms with Gasteiger partial charge in [-0.15, -0.1) is 5.71 Å². The molecule has 0 saturated heterocycles. The molecule has 0 fully saturated rings. The van der Waals surface area contributed by atoms with E-state index >= 15 is 0 Å². The topological polar surface area (TPSA) is 12.4 Å². The summed E-state index contributed by atoms with van der Waals surface area (Å²) in [7, 11) is 3.27. The van der Waals surface area contributed by atoms with E-state index in [1.54, 1.807) is 0 Å². The van der Waals surface area contributed by atoms with Crippen molar-refractivity contribution in [1.82, 2.24) is 0 Å². The Bertz CT molecular complexity index is 45.5. The number of rotatable bonds is 0. The van der Waals surface area contributed by atoms with Crippen molar-refractivity contribution in [1.29, 1.82) is 0 Å². The molecule has 0 N–H and O–H groups in total. The largest absolute Gasteiger partial charge is 0.458 e. The second-order valence-electron chi connectivity index (χ2n) is 1.11. The van der Waals surface area contributed by atoms with Gasteiger partial charge in [-0.05, 0) is 0 Å². The molecule has 0 bridgehead atoms. The predicted octanol–water partition coefficient (Wildman–Crippen LogP) is 1.26. The van der Waals surface area contributed by atoms with E-state index in [0.29, 0.717) is 0 Å². The molecule has 0 rings (SSSR count). The third-order valence-corrected chi connectivity index (χ3v) is 0.316. The number of nitrogens with zero attached hydrogens (tertiary/aromatic N) is 1. The maximum absolute atomic E-state index is 3.56. The number of aliphatic imine (C=N–C) groups is 1. The van der Waals surface area contributed by atoms with Gasteiger partial charge >= 0.3 is 0 Å². The zero-order valence-electron chi connectivity index (χ0n) is 4.23. The number of hydrogen-bond acceptors (Lipinski definition) is 1. The molecule has 0 heterocycles. The Morgan fingerprint density at radius 2 is 1.67 bits per heavy atom. The molecule has 0 aliphatic heterocycles. The normalized spacial score (nSPS) is 5.67. The van der Waals surface area contributed by atoms with E-state index in [-0.39, 0.29) is 32.7 Å². The Hall–Kier alpha value is 0.644. The minimum atomic E-state index is 0. The van der Waals surface area contributed by atoms with Crippen LogP contribution >= 0.6 is 0 Å². The third-order valence-electron chi connectivity index (χ3n) is 0.316. The van der Waals surface area contributed by atoms with Crippen LogP contribution in [0.1, 0.15) is 13.8 Å². The van der Waals surface area contributed by atoms with E-state index in [1.807, 2.05) is 13.8 Å². The molecule has 0 saturated carbocycles. The molecule has 1 nitrogen and oxygen atoms in total. The number of hydrogen-bond donors (Lipinski definition) is 0. The first-order valence-electron chi connectivity index (χ1n) is 1.54. The summed E-state index contributed by atoms with van der Waals surface area (Å²) >= 11 is 0. The van der Waals surface area contributed by atoms with Gasteiger partial charge in [0, 0.05) is 32.7 Å². The molecule has 0 unspecified atom stereocenters. The molecular weight excluding hydrogens is 151 g/mol. The van der Waals surface area contributed by atoms with Gasteiger partial charge < -0.3 is 4.99 Å². The van der Waals surface area contributed by atoms with Gasteiger partial charge in [0.1, 0.15) is 0 Å². The van der Waals surface area contributed by atoms with Gasteiger partial charge in [0.05, 0.1) is 0 Å². The molecule has 0 aromatic rings. The van der Waals surface area contributed by atoms with Gasteiger partial charge in [0.15, 0.2) is 0 Å². The summed E-state index contributed by atoms with van der Waals surface area (Å²) in [5.74, 6) is 0. The monoisotopic (exact) mass is 159 g/mol. The molecule has 0 aromatic heterocycles. The fourth-order valence-electron chi connectivity index (χ4n) is 0. The molecule has 1 radical (unpaired) electrons. The van der Waals surface area contributed by atoms with E-state index in [0.717, 1.165) is 5.71 Å². The van der Waals surface area contributed by atoms with Crippen LogP contribution in [0.4, 0.5) is 0 Å². The van der Waals surface area contributed by atoms with Crippen molar-refractivity contribution < 1.29 is 32.7 Å². The maximum Gasteiger partial charge on any atom is 0 e. The summed E-state index contributed by atoms with van der Waals surface area (Å²) in [6, 6.07) is 0. The maximum atomic E-state index is 3.56. The van der Waals surface area contributed by atoms with Gasteiger partial charge in [-0.1, -0.05) is 13.8 Å². The fraction of sp³-hybridized carbons (Fsp3) is 0.500. The van der Waals surface area contributed by atoms with Crippen LogP contribution < -0.4 is 0 Å². The predicted molar refractivity (Wildman–Crippen MR) is 24.1 cm³/mol. The van der Waals surface area contributed by atoms with Crippen molar-refractivity contribution in [2.24, 2.45) is 4.99 Å². The molecule has 0 amide bonds. The molecule has 0 aliphatic rings. The second-order valence-corrected chi connectivity index (χ2v) is 1.11. The second kappa shape index (κ2) is 5.64. The van der Waals surface area contributed by atoms with Crippen molar-refractivity contribution in [2.45, 2.75) is 13.8 Å². The minimum absolute atomic E-state index is 0. The first-order valence-corrected chi connectivity index (χ1v) is 1.54. The van der Waals surface area contributed by atoms with Gasteiger partial charge in [-0.25, -0.2) is 0 Å². The standard InChI is InChI=1S/C4H8N.Y/c1-4(2)5-3;/h3H2,1-2H3;/q-1;. The van der Waals surface area contributed by atoms with Crippen molar-refractivity contribution in [2.75, 3.05) is 0 Å². The summed E-state index contributed by atoms with van der Waals surface area (Å²) in [6.45, 7) is 3.82. The molecule has 0 aliphatic carbocycles. The van der Waals surface area contributed by atoms with Gasteiger partial charge in [-0.2, -0.15) is 7.05 Å². The van der Waals surface area contributed by atoms with Crippen LogP contribution in [-0.2, 0) is 32.7 Å². The van der Waals surface area contributed by atoms with E-state index < -0.39 is 0 Å². The van der Waals surface area contributed by atoms with E-state index in [9.17, 15) is 0 Å². The van der Waals surface area contributed by atoms with Crippen LogP contribution in [0.15, 0.2) is 4.99 Å². The van der Waals surface area contributed by atoms with Crippen molar-refractivity contribution >= 4 is 5.71 Å². The molecular formula is C4H8NY-. The Balaban J connectivity index is 0. The average Bonchev–Trinajstić information content (AvgIpc) is 1.38. The molecule has 0 spiro atoms. The van der Waals surface area contributed by atoms with Crippen LogP contribution in [0.2, 0.25) is 0 Å². The molecule has 2 heteroatoms. The van der Waals surface area contributed by atoms with Crippen LogP contribution in [0.25, 0.3) is 0 Å². The minimum Gasteiger partial charge on any atom is -0.458 e. The Morgan fingerprint density at radius 1 is 1.50 bits per heavy atom. The van der Waals surface area contributed by atoms with E-state index in [4.69, 9.17) is 0 Å². The molecule has 0 atom stereocenters. The van der Waals surface area contributed by atoms with E-state index in [2.05, 4.69) is 12.0 Å². The Kier molecular flexibility index (Phi) is 9.23. The summed E-state index contributed by atoms with van der Waals surface area (Å²) in [4.78, 5) is 3.56. The van der Waals surface area contributed by atoms with Crippen LogP contribution in [-0.4, -0.2) is 5.71 Å². The van der Waals surface area contributed by atoms with E-state index in [1.165, 1.54) is 0 Å². The zero-order chi connectivity index (χ0) is 4.28. The molecule has 33 valence electrons. The third kappa shape index (κ3) is 8.82. The Labute approximate surface area is 64.1 Å².